The second-order valence-electron chi connectivity index (χ2n) is 5.18. The summed E-state index contributed by atoms with van der Waals surface area (Å²) in [5, 5.41) is 14.3. The maximum absolute atomic E-state index is 12.2. The summed E-state index contributed by atoms with van der Waals surface area (Å²) in [5.41, 5.74) is 4.70. The first-order chi connectivity index (χ1) is 11.5. The van der Waals surface area contributed by atoms with Crippen LogP contribution in [0.4, 0.5) is 0 Å². The number of aromatic hydroxyl groups is 1. The summed E-state index contributed by atoms with van der Waals surface area (Å²) in [7, 11) is 2.98. The van der Waals surface area contributed by atoms with E-state index in [4.69, 9.17) is 9.47 Å². The molecule has 6 nitrogen and oxygen atoms in total. The molecule has 0 saturated heterocycles. The van der Waals surface area contributed by atoms with E-state index in [0.717, 1.165) is 5.56 Å². The largest absolute Gasteiger partial charge is 0.507 e. The zero-order chi connectivity index (χ0) is 17.7. The van der Waals surface area contributed by atoms with E-state index < -0.39 is 0 Å². The van der Waals surface area contributed by atoms with Crippen LogP contribution in [-0.2, 0) is 0 Å². The highest BCUT2D eigenvalue weighted by molar-refractivity contribution is 6.05. The molecule has 0 aromatic heterocycles. The highest BCUT2D eigenvalue weighted by atomic mass is 16.5. The third-order valence-corrected chi connectivity index (χ3v) is 3.59. The molecule has 2 N–H and O–H groups in total. The van der Waals surface area contributed by atoms with E-state index in [-0.39, 0.29) is 11.7 Å². The van der Waals surface area contributed by atoms with Gasteiger partial charge in [0.05, 0.1) is 25.5 Å². The number of nitrogens with zero attached hydrogens (tertiary/aromatic N) is 1. The Labute approximate surface area is 140 Å². The summed E-state index contributed by atoms with van der Waals surface area (Å²) in [4.78, 5) is 12.2. The third kappa shape index (κ3) is 3.65. The summed E-state index contributed by atoms with van der Waals surface area (Å²) >= 11 is 0. The number of phenols is 1. The number of carbonyl (C=O) groups is 1. The Kier molecular flexibility index (Phi) is 5.42. The molecule has 24 heavy (non-hydrogen) atoms. The SMILES string of the molecule is COc1cc(O)c(/C(C)=N/NC(=O)c2ccccc2C)c(OC)c1. The van der Waals surface area contributed by atoms with Gasteiger partial charge in [0.1, 0.15) is 17.2 Å². The van der Waals surface area contributed by atoms with Crippen LogP contribution in [-0.4, -0.2) is 30.9 Å². The van der Waals surface area contributed by atoms with Crippen molar-refractivity contribution in [2.24, 2.45) is 5.10 Å². The van der Waals surface area contributed by atoms with E-state index in [2.05, 4.69) is 10.5 Å². The molecule has 0 heterocycles. The Morgan fingerprint density at radius 3 is 2.50 bits per heavy atom. The normalized spacial score (nSPS) is 11.1. The van der Waals surface area contributed by atoms with Gasteiger partial charge in [-0.25, -0.2) is 5.43 Å². The van der Waals surface area contributed by atoms with Crippen molar-refractivity contribution in [2.75, 3.05) is 14.2 Å². The molecule has 0 spiro atoms. The minimum absolute atomic E-state index is 0.0439. The van der Waals surface area contributed by atoms with Gasteiger partial charge in [0, 0.05) is 17.7 Å². The molecule has 126 valence electrons. The van der Waals surface area contributed by atoms with Crippen LogP contribution in [0.2, 0.25) is 0 Å². The molecule has 1 amide bonds. The van der Waals surface area contributed by atoms with E-state index in [9.17, 15) is 9.90 Å². The Morgan fingerprint density at radius 2 is 1.88 bits per heavy atom. The van der Waals surface area contributed by atoms with Crippen LogP contribution in [0.1, 0.15) is 28.4 Å². The quantitative estimate of drug-likeness (QED) is 0.653. The van der Waals surface area contributed by atoms with Crippen LogP contribution >= 0.6 is 0 Å². The van der Waals surface area contributed by atoms with Gasteiger partial charge in [-0.15, -0.1) is 0 Å². The van der Waals surface area contributed by atoms with Crippen molar-refractivity contribution >= 4 is 11.6 Å². The monoisotopic (exact) mass is 328 g/mol. The fraction of sp³-hybridized carbons (Fsp3) is 0.222. The summed E-state index contributed by atoms with van der Waals surface area (Å²) in [5.74, 6) is 0.500. The van der Waals surface area contributed by atoms with Crippen molar-refractivity contribution < 1.29 is 19.4 Å². The van der Waals surface area contributed by atoms with Crippen molar-refractivity contribution in [2.45, 2.75) is 13.8 Å². The lowest BCUT2D eigenvalue weighted by Gasteiger charge is -2.12. The van der Waals surface area contributed by atoms with Crippen LogP contribution in [0.5, 0.6) is 17.2 Å². The van der Waals surface area contributed by atoms with E-state index >= 15 is 0 Å². The van der Waals surface area contributed by atoms with Gasteiger partial charge in [-0.3, -0.25) is 4.79 Å². The van der Waals surface area contributed by atoms with Crippen LogP contribution in [0.15, 0.2) is 41.5 Å². The van der Waals surface area contributed by atoms with Gasteiger partial charge >= 0.3 is 0 Å². The van der Waals surface area contributed by atoms with E-state index in [1.807, 2.05) is 19.1 Å². The van der Waals surface area contributed by atoms with Crippen LogP contribution in [0.25, 0.3) is 0 Å². The number of carbonyl (C=O) groups excluding carboxylic acids is 1. The van der Waals surface area contributed by atoms with Crippen LogP contribution in [0.3, 0.4) is 0 Å². The molecule has 0 aliphatic carbocycles. The van der Waals surface area contributed by atoms with Gasteiger partial charge in [-0.2, -0.15) is 5.10 Å². The average Bonchev–Trinajstić information content (AvgIpc) is 2.58. The Hall–Kier alpha value is -3.02. The van der Waals surface area contributed by atoms with Crippen molar-refractivity contribution in [1.82, 2.24) is 5.43 Å². The van der Waals surface area contributed by atoms with Crippen molar-refractivity contribution in [3.05, 3.63) is 53.1 Å². The maximum Gasteiger partial charge on any atom is 0.271 e. The standard InChI is InChI=1S/C18H20N2O4/c1-11-7-5-6-8-14(11)18(22)20-19-12(2)17-15(21)9-13(23-3)10-16(17)24-4/h5-10,21H,1-4H3,(H,20,22)/b19-12+. The van der Waals surface area contributed by atoms with E-state index in [1.165, 1.54) is 20.3 Å². The van der Waals surface area contributed by atoms with E-state index in [0.29, 0.717) is 28.3 Å². The van der Waals surface area contributed by atoms with Crippen molar-refractivity contribution in [3.63, 3.8) is 0 Å². The molecule has 0 bridgehead atoms. The topological polar surface area (TPSA) is 80.2 Å². The number of ether oxygens (including phenoxy) is 2. The molecule has 0 radical (unpaired) electrons. The first-order valence-electron chi connectivity index (χ1n) is 7.33. The lowest BCUT2D eigenvalue weighted by atomic mass is 10.1. The van der Waals surface area contributed by atoms with Crippen LogP contribution < -0.4 is 14.9 Å². The maximum atomic E-state index is 12.2. The molecule has 2 aromatic carbocycles. The number of amides is 1. The lowest BCUT2D eigenvalue weighted by molar-refractivity contribution is 0.0954. The molecule has 0 unspecified atom stereocenters. The predicted octanol–water partition coefficient (Wildman–Crippen LogP) is 2.87. The van der Waals surface area contributed by atoms with Gasteiger partial charge in [-0.1, -0.05) is 18.2 Å². The number of benzene rings is 2. The molecular formula is C18H20N2O4. The molecule has 0 fully saturated rings. The summed E-state index contributed by atoms with van der Waals surface area (Å²) in [6.45, 7) is 3.52. The second-order valence-corrected chi connectivity index (χ2v) is 5.18. The Balaban J connectivity index is 2.28. The van der Waals surface area contributed by atoms with Gasteiger partial charge < -0.3 is 14.6 Å². The minimum Gasteiger partial charge on any atom is -0.507 e. The number of hydrogen-bond acceptors (Lipinski definition) is 5. The van der Waals surface area contributed by atoms with Gasteiger partial charge in [0.25, 0.3) is 5.91 Å². The smallest absolute Gasteiger partial charge is 0.271 e. The first kappa shape index (κ1) is 17.3. The number of phenolic OH excluding ortho intramolecular Hbond substituents is 1. The molecule has 0 aliphatic heterocycles. The predicted molar refractivity (Wildman–Crippen MR) is 92.1 cm³/mol. The van der Waals surface area contributed by atoms with Crippen molar-refractivity contribution in [1.29, 1.82) is 0 Å². The Bertz CT molecular complexity index is 785. The summed E-state index contributed by atoms with van der Waals surface area (Å²) < 4.78 is 10.4. The highest BCUT2D eigenvalue weighted by Crippen LogP contribution is 2.33. The van der Waals surface area contributed by atoms with E-state index in [1.54, 1.807) is 25.1 Å². The second kappa shape index (κ2) is 7.50. The molecule has 2 rings (SSSR count). The first-order valence-corrected chi connectivity index (χ1v) is 7.33. The average molecular weight is 328 g/mol. The molecule has 0 aliphatic rings. The summed E-state index contributed by atoms with van der Waals surface area (Å²) in [6.07, 6.45) is 0. The molecule has 0 saturated carbocycles. The number of hydrazone groups is 1. The molecular weight excluding hydrogens is 308 g/mol. The number of methoxy groups -OCH3 is 2. The van der Waals surface area contributed by atoms with Crippen molar-refractivity contribution in [3.8, 4) is 17.2 Å². The van der Waals surface area contributed by atoms with Gasteiger partial charge in [0.2, 0.25) is 0 Å². The van der Waals surface area contributed by atoms with Gasteiger partial charge in [0.15, 0.2) is 0 Å². The summed E-state index contributed by atoms with van der Waals surface area (Å²) in [6, 6.07) is 10.3. The number of rotatable bonds is 5. The number of aryl methyl sites for hydroxylation is 1. The zero-order valence-corrected chi connectivity index (χ0v) is 14.1. The number of nitrogens with one attached hydrogen (secondary N) is 1. The van der Waals surface area contributed by atoms with Crippen LogP contribution in [0, 0.1) is 6.92 Å². The van der Waals surface area contributed by atoms with Gasteiger partial charge in [-0.05, 0) is 25.5 Å². The minimum atomic E-state index is -0.320. The molecule has 2 aromatic rings. The molecule has 6 heteroatoms. The third-order valence-electron chi connectivity index (χ3n) is 3.59. The molecule has 0 atom stereocenters. The Morgan fingerprint density at radius 1 is 1.17 bits per heavy atom. The lowest BCUT2D eigenvalue weighted by Crippen LogP contribution is -2.20. The highest BCUT2D eigenvalue weighted by Gasteiger charge is 2.15. The number of hydrogen-bond donors (Lipinski definition) is 2. The fourth-order valence-electron chi connectivity index (χ4n) is 2.30. The zero-order valence-electron chi connectivity index (χ0n) is 14.1. The fourth-order valence-corrected chi connectivity index (χ4v) is 2.30.